The fraction of sp³-hybridized carbons (Fsp3) is 0.200. The van der Waals surface area contributed by atoms with Crippen LogP contribution in [-0.4, -0.2) is 31.6 Å². The van der Waals surface area contributed by atoms with Crippen molar-refractivity contribution in [2.45, 2.75) is 13.3 Å². The van der Waals surface area contributed by atoms with Gasteiger partial charge >= 0.3 is 0 Å². The van der Waals surface area contributed by atoms with Crippen LogP contribution in [0.4, 0.5) is 17.1 Å². The molecule has 0 saturated carbocycles. The van der Waals surface area contributed by atoms with Gasteiger partial charge < -0.3 is 25.4 Å². The monoisotopic (exact) mass is 433 g/mol. The number of benzene rings is 3. The summed E-state index contributed by atoms with van der Waals surface area (Å²) < 4.78 is 11.4. The zero-order valence-electron chi connectivity index (χ0n) is 18.0. The van der Waals surface area contributed by atoms with Gasteiger partial charge in [-0.25, -0.2) is 0 Å². The molecule has 0 aliphatic carbocycles. The van der Waals surface area contributed by atoms with E-state index in [1.807, 2.05) is 54.6 Å². The molecule has 0 radical (unpaired) electrons. The van der Waals surface area contributed by atoms with Crippen molar-refractivity contribution >= 4 is 28.9 Å². The van der Waals surface area contributed by atoms with Crippen LogP contribution in [0.15, 0.2) is 78.9 Å². The Morgan fingerprint density at radius 2 is 1.47 bits per heavy atom. The van der Waals surface area contributed by atoms with Crippen LogP contribution in [0.2, 0.25) is 0 Å². The zero-order chi connectivity index (χ0) is 22.6. The van der Waals surface area contributed by atoms with E-state index in [1.165, 1.54) is 0 Å². The normalized spacial score (nSPS) is 10.2. The van der Waals surface area contributed by atoms with Gasteiger partial charge in [0.2, 0.25) is 11.8 Å². The molecule has 0 aliphatic heterocycles. The molecule has 7 nitrogen and oxygen atoms in total. The summed E-state index contributed by atoms with van der Waals surface area (Å²) in [6.07, 6.45) is 0.403. The lowest BCUT2D eigenvalue weighted by Gasteiger charge is -2.14. The van der Waals surface area contributed by atoms with Crippen molar-refractivity contribution in [1.82, 2.24) is 0 Å². The summed E-state index contributed by atoms with van der Waals surface area (Å²) in [6.45, 7) is 2.59. The number of carbonyl (C=O) groups excluding carboxylic acids is 2. The second-order valence-corrected chi connectivity index (χ2v) is 6.89. The molecule has 3 aromatic rings. The van der Waals surface area contributed by atoms with Gasteiger partial charge in [0.25, 0.3) is 0 Å². The van der Waals surface area contributed by atoms with Crippen molar-refractivity contribution in [2.75, 3.05) is 35.7 Å². The molecule has 0 aliphatic rings. The van der Waals surface area contributed by atoms with Crippen LogP contribution in [0.3, 0.4) is 0 Å². The summed E-state index contributed by atoms with van der Waals surface area (Å²) in [5, 5.41) is 8.72. The molecule has 0 saturated heterocycles. The van der Waals surface area contributed by atoms with Crippen molar-refractivity contribution in [1.29, 1.82) is 0 Å². The molecule has 3 aromatic carbocycles. The molecule has 0 heterocycles. The lowest BCUT2D eigenvalue weighted by molar-refractivity contribution is -0.116. The van der Waals surface area contributed by atoms with Gasteiger partial charge in [-0.1, -0.05) is 43.3 Å². The number of nitrogens with one attached hydrogen (secondary N) is 3. The van der Waals surface area contributed by atoms with Gasteiger partial charge in [0.05, 0.1) is 12.2 Å². The maximum Gasteiger partial charge on any atom is 0.243 e. The molecular formula is C25H27N3O4. The number of ether oxygens (including phenoxy) is 2. The van der Waals surface area contributed by atoms with E-state index in [0.29, 0.717) is 36.8 Å². The molecule has 0 spiro atoms. The minimum absolute atomic E-state index is 0.0642. The van der Waals surface area contributed by atoms with E-state index >= 15 is 0 Å². The number of amides is 2. The number of hydrogen-bond donors (Lipinski definition) is 3. The molecule has 0 unspecified atom stereocenters. The number of rotatable bonds is 11. The number of anilines is 3. The summed E-state index contributed by atoms with van der Waals surface area (Å²) in [4.78, 5) is 24.0. The lowest BCUT2D eigenvalue weighted by atomic mass is 10.2. The predicted octanol–water partition coefficient (Wildman–Crippen LogP) is 4.54. The van der Waals surface area contributed by atoms with Gasteiger partial charge in [-0.3, -0.25) is 9.59 Å². The average molecular weight is 434 g/mol. The molecule has 166 valence electrons. The molecule has 0 bridgehead atoms. The van der Waals surface area contributed by atoms with E-state index in [-0.39, 0.29) is 18.4 Å². The van der Waals surface area contributed by atoms with Crippen LogP contribution < -0.4 is 25.4 Å². The van der Waals surface area contributed by atoms with Crippen LogP contribution in [0, 0.1) is 0 Å². The number of para-hydroxylation sites is 3. The van der Waals surface area contributed by atoms with Gasteiger partial charge in [0, 0.05) is 17.8 Å². The maximum absolute atomic E-state index is 12.4. The molecule has 3 N–H and O–H groups in total. The molecule has 0 atom stereocenters. The highest BCUT2D eigenvalue weighted by molar-refractivity contribution is 5.95. The first-order valence-corrected chi connectivity index (χ1v) is 10.5. The first-order chi connectivity index (χ1) is 15.6. The quantitative estimate of drug-likeness (QED) is 0.386. The Morgan fingerprint density at radius 1 is 0.750 bits per heavy atom. The van der Waals surface area contributed by atoms with Gasteiger partial charge in [0.15, 0.2) is 0 Å². The van der Waals surface area contributed by atoms with Crippen LogP contribution in [0.25, 0.3) is 0 Å². The van der Waals surface area contributed by atoms with Crippen molar-refractivity contribution in [3.05, 3.63) is 78.9 Å². The Bertz CT molecular complexity index is 1020. The van der Waals surface area contributed by atoms with Crippen LogP contribution >= 0.6 is 0 Å². The lowest BCUT2D eigenvalue weighted by Crippen LogP contribution is -2.22. The first-order valence-electron chi connectivity index (χ1n) is 10.5. The van der Waals surface area contributed by atoms with Gasteiger partial charge in [-0.15, -0.1) is 0 Å². The molecule has 2 amide bonds. The Kier molecular flexibility index (Phi) is 8.50. The van der Waals surface area contributed by atoms with Gasteiger partial charge in [0.1, 0.15) is 24.7 Å². The van der Waals surface area contributed by atoms with Gasteiger partial charge in [-0.2, -0.15) is 0 Å². The Morgan fingerprint density at radius 3 is 2.28 bits per heavy atom. The summed E-state index contributed by atoms with van der Waals surface area (Å²) >= 11 is 0. The average Bonchev–Trinajstić information content (AvgIpc) is 2.82. The highest BCUT2D eigenvalue weighted by Crippen LogP contribution is 2.24. The first kappa shape index (κ1) is 22.7. The summed E-state index contributed by atoms with van der Waals surface area (Å²) in [6, 6.07) is 24.0. The third kappa shape index (κ3) is 7.36. The topological polar surface area (TPSA) is 88.7 Å². The summed E-state index contributed by atoms with van der Waals surface area (Å²) in [5.74, 6) is 1.07. The Hall–Kier alpha value is -4.00. The van der Waals surface area contributed by atoms with E-state index in [1.54, 1.807) is 31.2 Å². The molecule has 0 fully saturated rings. The molecule has 3 rings (SSSR count). The second kappa shape index (κ2) is 12.0. The van der Waals surface area contributed by atoms with Crippen LogP contribution in [-0.2, 0) is 9.59 Å². The van der Waals surface area contributed by atoms with E-state index in [4.69, 9.17) is 9.47 Å². The maximum atomic E-state index is 12.4. The van der Waals surface area contributed by atoms with Crippen molar-refractivity contribution in [3.63, 3.8) is 0 Å². The second-order valence-electron chi connectivity index (χ2n) is 6.89. The summed E-state index contributed by atoms with van der Waals surface area (Å²) in [5.41, 5.74) is 2.00. The Labute approximate surface area is 187 Å². The third-order valence-electron chi connectivity index (χ3n) is 4.43. The molecule has 7 heteroatoms. The van der Waals surface area contributed by atoms with Crippen LogP contribution in [0.5, 0.6) is 11.5 Å². The summed E-state index contributed by atoms with van der Waals surface area (Å²) in [7, 11) is 0. The van der Waals surface area contributed by atoms with Gasteiger partial charge in [-0.05, 0) is 42.5 Å². The van der Waals surface area contributed by atoms with Crippen molar-refractivity contribution in [3.8, 4) is 11.5 Å². The SMILES string of the molecule is CCC(=O)Nc1cccc(NCC(=O)Nc2ccccc2OCCOc2ccccc2)c1. The fourth-order valence-electron chi connectivity index (χ4n) is 2.86. The predicted molar refractivity (Wildman–Crippen MR) is 126 cm³/mol. The van der Waals surface area contributed by atoms with E-state index < -0.39 is 0 Å². The number of hydrogen-bond acceptors (Lipinski definition) is 5. The largest absolute Gasteiger partial charge is 0.490 e. The van der Waals surface area contributed by atoms with Crippen LogP contribution in [0.1, 0.15) is 13.3 Å². The van der Waals surface area contributed by atoms with E-state index in [9.17, 15) is 9.59 Å². The standard InChI is InChI=1S/C25H27N3O4/c1-2-24(29)27-20-10-8-9-19(17-20)26-18-25(30)28-22-13-6-7-14-23(22)32-16-15-31-21-11-4-3-5-12-21/h3-14,17,26H,2,15-16,18H2,1H3,(H,27,29)(H,28,30). The minimum Gasteiger partial charge on any atom is -0.490 e. The van der Waals surface area contributed by atoms with E-state index in [0.717, 1.165) is 11.4 Å². The smallest absolute Gasteiger partial charge is 0.243 e. The molecular weight excluding hydrogens is 406 g/mol. The highest BCUT2D eigenvalue weighted by Gasteiger charge is 2.08. The molecule has 0 aromatic heterocycles. The van der Waals surface area contributed by atoms with Crippen molar-refractivity contribution in [2.24, 2.45) is 0 Å². The molecule has 32 heavy (non-hydrogen) atoms. The fourth-order valence-corrected chi connectivity index (χ4v) is 2.86. The van der Waals surface area contributed by atoms with Crippen molar-refractivity contribution < 1.29 is 19.1 Å². The van der Waals surface area contributed by atoms with E-state index in [2.05, 4.69) is 16.0 Å². The zero-order valence-corrected chi connectivity index (χ0v) is 18.0. The number of carbonyl (C=O) groups is 2. The minimum atomic E-state index is -0.218. The Balaban J connectivity index is 1.48. The highest BCUT2D eigenvalue weighted by atomic mass is 16.5. The third-order valence-corrected chi connectivity index (χ3v) is 4.43.